The maximum absolute atomic E-state index is 12.2. The summed E-state index contributed by atoms with van der Waals surface area (Å²) in [7, 11) is -3.59. The number of aromatic nitrogens is 2. The second kappa shape index (κ2) is 5.66. The highest BCUT2D eigenvalue weighted by molar-refractivity contribution is 7.91. The quantitative estimate of drug-likeness (QED) is 0.923. The third-order valence-corrected chi connectivity index (χ3v) is 5.58. The standard InChI is InChI=1S/C12H12N4O2S2/c1-8-12(19-9(2)16-8)20(17,18)15-7-11-3-10(4-13)5-14-6-11/h3,5-6,15H,7H2,1-2H3. The topological polar surface area (TPSA) is 95.7 Å². The van der Waals surface area contributed by atoms with Crippen LogP contribution in [0.25, 0.3) is 0 Å². The molecule has 2 rings (SSSR count). The minimum Gasteiger partial charge on any atom is -0.263 e. The Morgan fingerprint density at radius 3 is 2.75 bits per heavy atom. The Balaban J connectivity index is 2.17. The van der Waals surface area contributed by atoms with E-state index in [4.69, 9.17) is 5.26 Å². The molecule has 2 aromatic heterocycles. The molecule has 0 atom stereocenters. The van der Waals surface area contributed by atoms with E-state index in [1.165, 1.54) is 12.4 Å². The van der Waals surface area contributed by atoms with Gasteiger partial charge in [0.2, 0.25) is 0 Å². The van der Waals surface area contributed by atoms with Gasteiger partial charge in [0, 0.05) is 18.9 Å². The lowest BCUT2D eigenvalue weighted by atomic mass is 10.2. The van der Waals surface area contributed by atoms with E-state index in [1.54, 1.807) is 19.9 Å². The molecule has 0 saturated carbocycles. The molecule has 0 unspecified atom stereocenters. The molecule has 1 N–H and O–H groups in total. The van der Waals surface area contributed by atoms with Crippen LogP contribution in [0.4, 0.5) is 0 Å². The summed E-state index contributed by atoms with van der Waals surface area (Å²) in [6, 6.07) is 3.56. The fourth-order valence-corrected chi connectivity index (χ4v) is 4.20. The lowest BCUT2D eigenvalue weighted by molar-refractivity contribution is 0.582. The molecule has 6 nitrogen and oxygen atoms in total. The molecule has 0 fully saturated rings. The average Bonchev–Trinajstić information content (AvgIpc) is 2.77. The van der Waals surface area contributed by atoms with Gasteiger partial charge < -0.3 is 0 Å². The number of nitriles is 1. The molecule has 0 radical (unpaired) electrons. The molecule has 8 heteroatoms. The zero-order valence-corrected chi connectivity index (χ0v) is 12.5. The summed E-state index contributed by atoms with van der Waals surface area (Å²) in [6.07, 6.45) is 2.95. The molecule has 0 aliphatic carbocycles. The van der Waals surface area contributed by atoms with E-state index < -0.39 is 10.0 Å². The summed E-state index contributed by atoms with van der Waals surface area (Å²) in [5, 5.41) is 9.48. The lowest BCUT2D eigenvalue weighted by Crippen LogP contribution is -2.23. The Hall–Kier alpha value is -1.82. The third-order valence-electron chi connectivity index (χ3n) is 2.50. The van der Waals surface area contributed by atoms with Crippen molar-refractivity contribution in [2.45, 2.75) is 24.6 Å². The Morgan fingerprint density at radius 2 is 2.15 bits per heavy atom. The minimum atomic E-state index is -3.59. The number of hydrogen-bond acceptors (Lipinski definition) is 6. The number of thiazole rings is 1. The van der Waals surface area contributed by atoms with Crippen molar-refractivity contribution in [1.29, 1.82) is 5.26 Å². The van der Waals surface area contributed by atoms with Crippen LogP contribution in [0.15, 0.2) is 22.7 Å². The predicted molar refractivity (Wildman–Crippen MR) is 74.6 cm³/mol. The number of hydrogen-bond donors (Lipinski definition) is 1. The molecular weight excluding hydrogens is 296 g/mol. The number of pyridine rings is 1. The van der Waals surface area contributed by atoms with Gasteiger partial charge in [0.05, 0.1) is 16.3 Å². The first-order valence-corrected chi connectivity index (χ1v) is 8.00. The van der Waals surface area contributed by atoms with Crippen LogP contribution in [0, 0.1) is 25.2 Å². The highest BCUT2D eigenvalue weighted by atomic mass is 32.2. The Kier molecular flexibility index (Phi) is 4.13. The normalized spacial score (nSPS) is 11.2. The molecule has 0 bridgehead atoms. The van der Waals surface area contributed by atoms with Crippen molar-refractivity contribution in [2.24, 2.45) is 0 Å². The summed E-state index contributed by atoms with van der Waals surface area (Å²) in [4.78, 5) is 7.99. The van der Waals surface area contributed by atoms with Crippen molar-refractivity contribution in [1.82, 2.24) is 14.7 Å². The second-order valence-corrected chi connectivity index (χ2v) is 7.29. The highest BCUT2D eigenvalue weighted by Crippen LogP contribution is 2.22. The molecule has 0 aliphatic heterocycles. The summed E-state index contributed by atoms with van der Waals surface area (Å²) in [5.74, 6) is 0. The highest BCUT2D eigenvalue weighted by Gasteiger charge is 2.20. The zero-order valence-electron chi connectivity index (χ0n) is 10.9. The summed E-state index contributed by atoms with van der Waals surface area (Å²) in [5.41, 5.74) is 1.52. The van der Waals surface area contributed by atoms with E-state index in [2.05, 4.69) is 14.7 Å². The van der Waals surface area contributed by atoms with Gasteiger partial charge in [-0.2, -0.15) is 5.26 Å². The van der Waals surface area contributed by atoms with Crippen LogP contribution in [0.3, 0.4) is 0 Å². The van der Waals surface area contributed by atoms with Crippen LogP contribution in [-0.4, -0.2) is 18.4 Å². The molecule has 2 aromatic rings. The van der Waals surface area contributed by atoms with Gasteiger partial charge >= 0.3 is 0 Å². The fourth-order valence-electron chi connectivity index (χ4n) is 1.65. The van der Waals surface area contributed by atoms with E-state index in [0.29, 0.717) is 21.8 Å². The largest absolute Gasteiger partial charge is 0.263 e. The van der Waals surface area contributed by atoms with Gasteiger partial charge in [-0.25, -0.2) is 18.1 Å². The number of sulfonamides is 1. The molecule has 104 valence electrons. The maximum Gasteiger partial charge on any atom is 0.252 e. The second-order valence-electron chi connectivity index (χ2n) is 4.12. The van der Waals surface area contributed by atoms with Crippen molar-refractivity contribution < 1.29 is 8.42 Å². The molecule has 2 heterocycles. The van der Waals surface area contributed by atoms with E-state index in [0.717, 1.165) is 11.3 Å². The molecule has 0 saturated heterocycles. The van der Waals surface area contributed by atoms with Gasteiger partial charge in [0.15, 0.2) is 4.21 Å². The molecular formula is C12H12N4O2S2. The first kappa shape index (κ1) is 14.6. The first-order valence-electron chi connectivity index (χ1n) is 5.70. The van der Waals surface area contributed by atoms with Gasteiger partial charge in [0.1, 0.15) is 6.07 Å². The van der Waals surface area contributed by atoms with E-state index in [1.807, 2.05) is 6.07 Å². The maximum atomic E-state index is 12.2. The average molecular weight is 308 g/mol. The van der Waals surface area contributed by atoms with Gasteiger partial charge in [-0.15, -0.1) is 11.3 Å². The number of nitrogens with one attached hydrogen (secondary N) is 1. The third kappa shape index (κ3) is 3.19. The number of aryl methyl sites for hydroxylation is 2. The lowest BCUT2D eigenvalue weighted by Gasteiger charge is -2.05. The van der Waals surface area contributed by atoms with Crippen LogP contribution in [0.2, 0.25) is 0 Å². The first-order chi connectivity index (χ1) is 9.42. The zero-order chi connectivity index (χ0) is 14.8. The van der Waals surface area contributed by atoms with Crippen LogP contribution < -0.4 is 4.72 Å². The van der Waals surface area contributed by atoms with Crippen LogP contribution in [-0.2, 0) is 16.6 Å². The van der Waals surface area contributed by atoms with Crippen molar-refractivity contribution in [2.75, 3.05) is 0 Å². The van der Waals surface area contributed by atoms with Crippen molar-refractivity contribution in [3.05, 3.63) is 40.3 Å². The van der Waals surface area contributed by atoms with Gasteiger partial charge in [-0.1, -0.05) is 0 Å². The Bertz CT molecular complexity index is 775. The molecule has 0 amide bonds. The van der Waals surface area contributed by atoms with Crippen LogP contribution in [0.1, 0.15) is 21.8 Å². The Morgan fingerprint density at radius 1 is 1.40 bits per heavy atom. The van der Waals surface area contributed by atoms with E-state index in [-0.39, 0.29) is 10.8 Å². The van der Waals surface area contributed by atoms with Crippen LogP contribution in [0.5, 0.6) is 0 Å². The monoisotopic (exact) mass is 308 g/mol. The smallest absolute Gasteiger partial charge is 0.252 e. The summed E-state index contributed by atoms with van der Waals surface area (Å²) in [6.45, 7) is 3.51. The van der Waals surface area contributed by atoms with Crippen LogP contribution >= 0.6 is 11.3 Å². The Labute approximate surface area is 121 Å². The van der Waals surface area contributed by atoms with Crippen molar-refractivity contribution >= 4 is 21.4 Å². The van der Waals surface area contributed by atoms with Crippen molar-refractivity contribution in [3.8, 4) is 6.07 Å². The number of nitrogens with zero attached hydrogens (tertiary/aromatic N) is 3. The number of rotatable bonds is 4. The molecule has 0 spiro atoms. The van der Waals surface area contributed by atoms with Gasteiger partial charge in [0.25, 0.3) is 10.0 Å². The van der Waals surface area contributed by atoms with E-state index in [9.17, 15) is 8.42 Å². The summed E-state index contributed by atoms with van der Waals surface area (Å²) < 4.78 is 27.0. The van der Waals surface area contributed by atoms with Crippen molar-refractivity contribution in [3.63, 3.8) is 0 Å². The molecule has 0 aromatic carbocycles. The predicted octanol–water partition coefficient (Wildman–Crippen LogP) is 1.51. The molecule has 20 heavy (non-hydrogen) atoms. The summed E-state index contributed by atoms with van der Waals surface area (Å²) >= 11 is 1.13. The minimum absolute atomic E-state index is 0.0846. The van der Waals surface area contributed by atoms with E-state index >= 15 is 0 Å². The fraction of sp³-hybridized carbons (Fsp3) is 0.250. The molecule has 0 aliphatic rings. The van der Waals surface area contributed by atoms with Gasteiger partial charge in [-0.05, 0) is 25.5 Å². The SMILES string of the molecule is Cc1nc(C)c(S(=O)(=O)NCc2cncc(C#N)c2)s1. The van der Waals surface area contributed by atoms with Gasteiger partial charge in [-0.3, -0.25) is 4.98 Å².